The Morgan fingerprint density at radius 2 is 2.06 bits per heavy atom. The first kappa shape index (κ1) is 11.2. The van der Waals surface area contributed by atoms with Crippen LogP contribution in [0.15, 0.2) is 29.3 Å². The van der Waals surface area contributed by atoms with Gasteiger partial charge in [0, 0.05) is 5.69 Å². The van der Waals surface area contributed by atoms with Crippen LogP contribution in [0.5, 0.6) is 0 Å². The second-order valence-electron chi connectivity index (χ2n) is 3.30. The summed E-state index contributed by atoms with van der Waals surface area (Å²) in [6, 6.07) is 3.20. The Morgan fingerprint density at radius 3 is 2.59 bits per heavy atom. The van der Waals surface area contributed by atoms with E-state index in [1.54, 1.807) is 0 Å². The number of alkyl halides is 3. The minimum absolute atomic E-state index is 0.0466. The summed E-state index contributed by atoms with van der Waals surface area (Å²) < 4.78 is 38.7. The molecule has 90 valence electrons. The Morgan fingerprint density at radius 1 is 1.35 bits per heavy atom. The van der Waals surface area contributed by atoms with E-state index < -0.39 is 23.1 Å². The first-order valence-electron chi connectivity index (χ1n) is 4.48. The van der Waals surface area contributed by atoms with Crippen molar-refractivity contribution in [1.29, 1.82) is 0 Å². The van der Waals surface area contributed by atoms with E-state index in [1.807, 2.05) is 0 Å². The Hall–Kier alpha value is -2.25. The Kier molecular flexibility index (Phi) is 2.41. The fourth-order valence-corrected chi connectivity index (χ4v) is 1.37. The highest BCUT2D eigenvalue weighted by Gasteiger charge is 2.33. The van der Waals surface area contributed by atoms with Crippen molar-refractivity contribution >= 4 is 5.69 Å². The van der Waals surface area contributed by atoms with Crippen LogP contribution in [0.3, 0.4) is 0 Å². The number of aromatic amines is 1. The van der Waals surface area contributed by atoms with Crippen LogP contribution in [0.1, 0.15) is 5.56 Å². The molecule has 0 amide bonds. The molecular weight excluding hydrogens is 237 g/mol. The molecule has 1 aromatic carbocycles. The number of nitrogen functional groups attached to an aromatic ring is 1. The van der Waals surface area contributed by atoms with Crippen LogP contribution < -0.4 is 11.4 Å². The number of benzene rings is 1. The lowest BCUT2D eigenvalue weighted by Crippen LogP contribution is -2.16. The van der Waals surface area contributed by atoms with Crippen molar-refractivity contribution < 1.29 is 13.2 Å². The monoisotopic (exact) mass is 244 g/mol. The molecule has 0 aliphatic heterocycles. The van der Waals surface area contributed by atoms with Gasteiger partial charge in [0.1, 0.15) is 6.33 Å². The molecule has 0 saturated heterocycles. The molecule has 0 atom stereocenters. The Labute approximate surface area is 92.7 Å². The molecule has 0 unspecified atom stereocenters. The van der Waals surface area contributed by atoms with Crippen molar-refractivity contribution in [3.05, 3.63) is 40.6 Å². The summed E-state index contributed by atoms with van der Waals surface area (Å²) in [5.74, 6) is 0. The average Bonchev–Trinajstić information content (AvgIpc) is 2.63. The zero-order valence-electron chi connectivity index (χ0n) is 8.32. The first-order chi connectivity index (χ1) is 7.89. The van der Waals surface area contributed by atoms with E-state index in [2.05, 4.69) is 10.2 Å². The molecule has 2 aromatic rings. The maximum absolute atomic E-state index is 12.6. The van der Waals surface area contributed by atoms with Gasteiger partial charge in [-0.3, -0.25) is 0 Å². The van der Waals surface area contributed by atoms with Crippen LogP contribution in [0.25, 0.3) is 5.69 Å². The normalized spacial score (nSPS) is 11.7. The largest absolute Gasteiger partial charge is 0.418 e. The number of hydrogen-bond acceptors (Lipinski definition) is 3. The number of halogens is 3. The predicted octanol–water partition coefficient (Wildman–Crippen LogP) is 1.16. The van der Waals surface area contributed by atoms with Crippen molar-refractivity contribution in [2.24, 2.45) is 0 Å². The van der Waals surface area contributed by atoms with Gasteiger partial charge in [0.15, 0.2) is 0 Å². The summed E-state index contributed by atoms with van der Waals surface area (Å²) in [4.78, 5) is 11.2. The number of H-pyrrole nitrogens is 1. The van der Waals surface area contributed by atoms with E-state index >= 15 is 0 Å². The molecule has 0 radical (unpaired) electrons. The first-order valence-corrected chi connectivity index (χ1v) is 4.48. The third-order valence-corrected chi connectivity index (χ3v) is 2.17. The van der Waals surface area contributed by atoms with E-state index in [0.717, 1.165) is 23.0 Å². The van der Waals surface area contributed by atoms with Gasteiger partial charge in [-0.2, -0.15) is 18.3 Å². The number of aromatic nitrogens is 3. The van der Waals surface area contributed by atoms with Crippen molar-refractivity contribution in [2.45, 2.75) is 6.18 Å². The molecule has 8 heteroatoms. The summed E-state index contributed by atoms with van der Waals surface area (Å²) in [7, 11) is 0. The van der Waals surface area contributed by atoms with Gasteiger partial charge in [0.25, 0.3) is 0 Å². The SMILES string of the molecule is Nc1ccc(-n2cn[nH]c2=O)cc1C(F)(F)F. The van der Waals surface area contributed by atoms with Gasteiger partial charge in [0.2, 0.25) is 0 Å². The number of nitrogens with two attached hydrogens (primary N) is 1. The van der Waals surface area contributed by atoms with E-state index in [1.165, 1.54) is 6.07 Å². The molecule has 5 nitrogen and oxygen atoms in total. The molecule has 3 N–H and O–H groups in total. The fraction of sp³-hybridized carbons (Fsp3) is 0.111. The number of nitrogens with one attached hydrogen (secondary N) is 1. The van der Waals surface area contributed by atoms with Gasteiger partial charge >= 0.3 is 11.9 Å². The topological polar surface area (TPSA) is 76.7 Å². The van der Waals surface area contributed by atoms with Crippen LogP contribution >= 0.6 is 0 Å². The van der Waals surface area contributed by atoms with Crippen LogP contribution in [0.2, 0.25) is 0 Å². The standard InChI is InChI=1S/C9H7F3N4O/c10-9(11,12)6-3-5(1-2-7(6)13)16-4-14-15-8(16)17/h1-4H,13H2,(H,15,17). The molecule has 0 bridgehead atoms. The lowest BCUT2D eigenvalue weighted by Gasteiger charge is -2.11. The van der Waals surface area contributed by atoms with Gasteiger partial charge in [-0.15, -0.1) is 0 Å². The molecule has 1 aromatic heterocycles. The molecule has 17 heavy (non-hydrogen) atoms. The van der Waals surface area contributed by atoms with Crippen molar-refractivity contribution in [3.8, 4) is 5.69 Å². The number of anilines is 1. The number of hydrogen-bond donors (Lipinski definition) is 2. The third-order valence-electron chi connectivity index (χ3n) is 2.17. The van der Waals surface area contributed by atoms with Crippen molar-refractivity contribution in [1.82, 2.24) is 14.8 Å². The van der Waals surface area contributed by atoms with Gasteiger partial charge in [0.05, 0.1) is 11.3 Å². The second-order valence-corrected chi connectivity index (χ2v) is 3.30. The smallest absolute Gasteiger partial charge is 0.398 e. The second kappa shape index (κ2) is 3.65. The predicted molar refractivity (Wildman–Crippen MR) is 53.6 cm³/mol. The molecule has 0 fully saturated rings. The van der Waals surface area contributed by atoms with Crippen molar-refractivity contribution in [3.63, 3.8) is 0 Å². The molecule has 0 aliphatic rings. The summed E-state index contributed by atoms with van der Waals surface area (Å²) in [5.41, 5.74) is 3.29. The summed E-state index contributed by atoms with van der Waals surface area (Å²) in [6.45, 7) is 0. The third kappa shape index (κ3) is 2.01. The zero-order valence-corrected chi connectivity index (χ0v) is 8.32. The molecule has 1 heterocycles. The Bertz CT molecular complexity index is 599. The molecular formula is C9H7F3N4O. The van der Waals surface area contributed by atoms with Gasteiger partial charge in [-0.05, 0) is 18.2 Å². The van der Waals surface area contributed by atoms with Gasteiger partial charge < -0.3 is 5.73 Å². The summed E-state index contributed by atoms with van der Waals surface area (Å²) in [6.07, 6.45) is -3.47. The van der Waals surface area contributed by atoms with Gasteiger partial charge in [-0.1, -0.05) is 0 Å². The molecule has 0 spiro atoms. The van der Waals surface area contributed by atoms with Crippen LogP contribution in [-0.2, 0) is 6.18 Å². The highest BCUT2D eigenvalue weighted by Crippen LogP contribution is 2.34. The Balaban J connectivity index is 2.60. The number of nitrogens with zero attached hydrogens (tertiary/aromatic N) is 2. The molecule has 2 rings (SSSR count). The van der Waals surface area contributed by atoms with Crippen molar-refractivity contribution in [2.75, 3.05) is 5.73 Å². The quantitative estimate of drug-likeness (QED) is 0.739. The van der Waals surface area contributed by atoms with Crippen LogP contribution in [0, 0.1) is 0 Å². The maximum atomic E-state index is 12.6. The number of rotatable bonds is 1. The average molecular weight is 244 g/mol. The summed E-state index contributed by atoms with van der Waals surface area (Å²) >= 11 is 0. The molecule has 0 saturated carbocycles. The molecule has 0 aliphatic carbocycles. The van der Waals surface area contributed by atoms with E-state index in [4.69, 9.17) is 5.73 Å². The zero-order chi connectivity index (χ0) is 12.6. The van der Waals surface area contributed by atoms with Crippen LogP contribution in [0.4, 0.5) is 18.9 Å². The van der Waals surface area contributed by atoms with Crippen LogP contribution in [-0.4, -0.2) is 14.8 Å². The highest BCUT2D eigenvalue weighted by atomic mass is 19.4. The highest BCUT2D eigenvalue weighted by molar-refractivity contribution is 5.54. The van der Waals surface area contributed by atoms with E-state index in [-0.39, 0.29) is 5.69 Å². The minimum atomic E-state index is -4.56. The lowest BCUT2D eigenvalue weighted by atomic mass is 10.1. The van der Waals surface area contributed by atoms with Gasteiger partial charge in [-0.25, -0.2) is 14.5 Å². The maximum Gasteiger partial charge on any atom is 0.418 e. The fourth-order valence-electron chi connectivity index (χ4n) is 1.37. The lowest BCUT2D eigenvalue weighted by molar-refractivity contribution is -0.136. The summed E-state index contributed by atoms with van der Waals surface area (Å²) in [5, 5.41) is 5.51. The van der Waals surface area contributed by atoms with E-state index in [9.17, 15) is 18.0 Å². The van der Waals surface area contributed by atoms with E-state index in [0.29, 0.717) is 0 Å². The minimum Gasteiger partial charge on any atom is -0.398 e.